The van der Waals surface area contributed by atoms with Crippen LogP contribution in [-0.4, -0.2) is 66.2 Å². The van der Waals surface area contributed by atoms with E-state index in [1.54, 1.807) is 14.2 Å². The molecule has 6 nitrogen and oxygen atoms in total. The molecule has 2 N–H and O–H groups in total. The highest BCUT2D eigenvalue weighted by Gasteiger charge is 2.33. The van der Waals surface area contributed by atoms with E-state index in [1.165, 1.54) is 0 Å². The number of nitrogens with zero attached hydrogens (tertiary/aromatic N) is 1. The molecule has 1 fully saturated rings. The number of hydrogen-bond donors (Lipinski definition) is 2. The van der Waals surface area contributed by atoms with Crippen molar-refractivity contribution in [2.45, 2.75) is 13.3 Å². The highest BCUT2D eigenvalue weighted by molar-refractivity contribution is 5.79. The predicted molar refractivity (Wildman–Crippen MR) is 75.6 cm³/mol. The number of ether oxygens (including phenoxy) is 3. The third-order valence-electron chi connectivity index (χ3n) is 3.00. The van der Waals surface area contributed by atoms with E-state index in [2.05, 4.69) is 22.5 Å². The molecular formula is C13H27N3O3. The molecule has 112 valence electrons. The maximum atomic E-state index is 5.39. The van der Waals surface area contributed by atoms with Gasteiger partial charge < -0.3 is 24.8 Å². The molecule has 0 spiro atoms. The van der Waals surface area contributed by atoms with Crippen LogP contribution in [0, 0.1) is 5.41 Å². The van der Waals surface area contributed by atoms with Crippen molar-refractivity contribution in [3.63, 3.8) is 0 Å². The first-order chi connectivity index (χ1) is 9.20. The van der Waals surface area contributed by atoms with Crippen molar-refractivity contribution in [2.75, 3.05) is 60.3 Å². The van der Waals surface area contributed by atoms with Crippen molar-refractivity contribution >= 4 is 5.96 Å². The summed E-state index contributed by atoms with van der Waals surface area (Å²) in [5, 5.41) is 6.59. The first kappa shape index (κ1) is 16.2. The zero-order chi connectivity index (χ0) is 14.0. The summed E-state index contributed by atoms with van der Waals surface area (Å²) in [6.07, 6.45) is 0.949. The normalized spacial score (nSPS) is 17.9. The third-order valence-corrected chi connectivity index (χ3v) is 3.00. The zero-order valence-electron chi connectivity index (χ0n) is 12.3. The van der Waals surface area contributed by atoms with Gasteiger partial charge in [-0.3, -0.25) is 4.99 Å². The minimum Gasteiger partial charge on any atom is -0.382 e. The van der Waals surface area contributed by atoms with Gasteiger partial charge in [-0.05, 0) is 6.42 Å². The van der Waals surface area contributed by atoms with Gasteiger partial charge in [0.15, 0.2) is 5.96 Å². The number of hydrogen-bond acceptors (Lipinski definition) is 4. The molecule has 0 unspecified atom stereocenters. The van der Waals surface area contributed by atoms with Gasteiger partial charge in [-0.25, -0.2) is 0 Å². The number of guanidine groups is 1. The number of aliphatic imine (C=N–C) groups is 1. The Hall–Kier alpha value is -0.850. The van der Waals surface area contributed by atoms with Crippen molar-refractivity contribution in [1.82, 2.24) is 10.6 Å². The molecule has 1 rings (SSSR count). The lowest BCUT2D eigenvalue weighted by molar-refractivity contribution is -0.0971. The second-order valence-corrected chi connectivity index (χ2v) is 5.11. The number of methoxy groups -OCH3 is 1. The summed E-state index contributed by atoms with van der Waals surface area (Å²) in [5.74, 6) is 0.838. The van der Waals surface area contributed by atoms with Gasteiger partial charge in [0, 0.05) is 39.3 Å². The molecule has 6 heteroatoms. The lowest BCUT2D eigenvalue weighted by Crippen LogP contribution is -2.51. The fraction of sp³-hybridized carbons (Fsp3) is 0.923. The van der Waals surface area contributed by atoms with Crippen molar-refractivity contribution in [2.24, 2.45) is 10.4 Å². The standard InChI is InChI=1S/C13H27N3O3/c1-13(10-19-11-13)9-16-12(14-2)15-5-4-6-18-8-7-17-3/h4-11H2,1-3H3,(H2,14,15,16). The van der Waals surface area contributed by atoms with Crippen molar-refractivity contribution in [3.8, 4) is 0 Å². The van der Waals surface area contributed by atoms with Crippen LogP contribution in [0.4, 0.5) is 0 Å². The fourth-order valence-electron chi connectivity index (χ4n) is 1.70. The summed E-state index contributed by atoms with van der Waals surface area (Å²) in [5.41, 5.74) is 0.251. The van der Waals surface area contributed by atoms with E-state index in [9.17, 15) is 0 Å². The van der Waals surface area contributed by atoms with Gasteiger partial charge in [0.1, 0.15) is 0 Å². The van der Waals surface area contributed by atoms with E-state index in [4.69, 9.17) is 14.2 Å². The fourth-order valence-corrected chi connectivity index (χ4v) is 1.70. The number of rotatable bonds is 9. The minimum absolute atomic E-state index is 0.251. The molecule has 1 saturated heterocycles. The second-order valence-electron chi connectivity index (χ2n) is 5.11. The Labute approximate surface area is 115 Å². The quantitative estimate of drug-likeness (QED) is 0.358. The molecule has 0 bridgehead atoms. The minimum atomic E-state index is 0.251. The van der Waals surface area contributed by atoms with Gasteiger partial charge in [-0.2, -0.15) is 0 Å². The average molecular weight is 273 g/mol. The summed E-state index contributed by atoms with van der Waals surface area (Å²) in [4.78, 5) is 4.19. The Bertz CT molecular complexity index is 268. The van der Waals surface area contributed by atoms with E-state index in [0.29, 0.717) is 13.2 Å². The lowest BCUT2D eigenvalue weighted by atomic mass is 9.89. The summed E-state index contributed by atoms with van der Waals surface area (Å²) >= 11 is 0. The molecule has 0 aromatic carbocycles. The Morgan fingerprint density at radius 3 is 2.63 bits per heavy atom. The molecule has 0 amide bonds. The molecule has 0 radical (unpaired) electrons. The van der Waals surface area contributed by atoms with Gasteiger partial charge in [0.05, 0.1) is 26.4 Å². The molecule has 0 saturated carbocycles. The van der Waals surface area contributed by atoms with Crippen LogP contribution in [0.5, 0.6) is 0 Å². The third kappa shape index (κ3) is 6.75. The highest BCUT2D eigenvalue weighted by Crippen LogP contribution is 2.24. The Kier molecular flexibility index (Phi) is 7.78. The SMILES string of the molecule is CN=C(NCCCOCCOC)NCC1(C)COC1. The average Bonchev–Trinajstić information content (AvgIpc) is 2.39. The van der Waals surface area contributed by atoms with Gasteiger partial charge >= 0.3 is 0 Å². The summed E-state index contributed by atoms with van der Waals surface area (Å²) < 4.78 is 15.5. The molecule has 0 aromatic rings. The largest absolute Gasteiger partial charge is 0.382 e. The Morgan fingerprint density at radius 2 is 2.05 bits per heavy atom. The summed E-state index contributed by atoms with van der Waals surface area (Å²) in [6, 6.07) is 0. The molecule has 1 aliphatic heterocycles. The highest BCUT2D eigenvalue weighted by atomic mass is 16.5. The van der Waals surface area contributed by atoms with Crippen LogP contribution in [0.25, 0.3) is 0 Å². The monoisotopic (exact) mass is 273 g/mol. The van der Waals surface area contributed by atoms with Crippen LogP contribution >= 0.6 is 0 Å². The van der Waals surface area contributed by atoms with Crippen molar-refractivity contribution in [3.05, 3.63) is 0 Å². The topological polar surface area (TPSA) is 64.1 Å². The summed E-state index contributed by atoms with van der Waals surface area (Å²) in [6.45, 7) is 7.63. The van der Waals surface area contributed by atoms with Gasteiger partial charge in [0.2, 0.25) is 0 Å². The molecule has 0 aromatic heterocycles. The van der Waals surface area contributed by atoms with E-state index in [0.717, 1.165) is 45.3 Å². The molecule has 19 heavy (non-hydrogen) atoms. The molecule has 0 atom stereocenters. The first-order valence-corrected chi connectivity index (χ1v) is 6.79. The maximum absolute atomic E-state index is 5.39. The van der Waals surface area contributed by atoms with Crippen LogP contribution in [-0.2, 0) is 14.2 Å². The zero-order valence-corrected chi connectivity index (χ0v) is 12.3. The van der Waals surface area contributed by atoms with Gasteiger partial charge in [0.25, 0.3) is 0 Å². The van der Waals surface area contributed by atoms with Crippen molar-refractivity contribution in [1.29, 1.82) is 0 Å². The first-order valence-electron chi connectivity index (χ1n) is 6.79. The summed E-state index contributed by atoms with van der Waals surface area (Å²) in [7, 11) is 3.46. The van der Waals surface area contributed by atoms with Crippen LogP contribution < -0.4 is 10.6 Å². The van der Waals surface area contributed by atoms with Crippen LogP contribution in [0.2, 0.25) is 0 Å². The van der Waals surface area contributed by atoms with Crippen LogP contribution in [0.15, 0.2) is 4.99 Å². The lowest BCUT2D eigenvalue weighted by Gasteiger charge is -2.38. The number of nitrogens with one attached hydrogen (secondary N) is 2. The smallest absolute Gasteiger partial charge is 0.191 e. The van der Waals surface area contributed by atoms with E-state index in [1.807, 2.05) is 0 Å². The molecule has 0 aliphatic carbocycles. The van der Waals surface area contributed by atoms with E-state index < -0.39 is 0 Å². The Morgan fingerprint density at radius 1 is 1.26 bits per heavy atom. The van der Waals surface area contributed by atoms with E-state index in [-0.39, 0.29) is 5.41 Å². The predicted octanol–water partition coefficient (Wildman–Crippen LogP) is 0.241. The second kappa shape index (κ2) is 9.12. The van der Waals surface area contributed by atoms with Crippen LogP contribution in [0.1, 0.15) is 13.3 Å². The van der Waals surface area contributed by atoms with Gasteiger partial charge in [-0.1, -0.05) is 6.92 Å². The van der Waals surface area contributed by atoms with Crippen molar-refractivity contribution < 1.29 is 14.2 Å². The molecule has 1 heterocycles. The van der Waals surface area contributed by atoms with Gasteiger partial charge in [-0.15, -0.1) is 0 Å². The maximum Gasteiger partial charge on any atom is 0.191 e. The Balaban J connectivity index is 1.99. The van der Waals surface area contributed by atoms with Crippen LogP contribution in [0.3, 0.4) is 0 Å². The molecular weight excluding hydrogens is 246 g/mol. The van der Waals surface area contributed by atoms with E-state index >= 15 is 0 Å². The molecule has 1 aliphatic rings.